The van der Waals surface area contributed by atoms with Crippen LogP contribution in [-0.2, 0) is 11.3 Å². The standard InChI is InChI=1S/C14H20BrN3O2S/c15-13-2-1-12(21-13)11-16-3-5-17(6-4-16)14(19)18-7-9-20-10-8-18/h1-2H,3-11H2. The molecule has 2 fully saturated rings. The lowest BCUT2D eigenvalue weighted by molar-refractivity contribution is 0.0373. The smallest absolute Gasteiger partial charge is 0.320 e. The van der Waals surface area contributed by atoms with Crippen molar-refractivity contribution in [1.82, 2.24) is 14.7 Å². The van der Waals surface area contributed by atoms with E-state index >= 15 is 0 Å². The Kier molecular flexibility index (Phi) is 5.15. The Morgan fingerprint density at radius 3 is 2.38 bits per heavy atom. The van der Waals surface area contributed by atoms with Gasteiger partial charge < -0.3 is 14.5 Å². The number of hydrogen-bond acceptors (Lipinski definition) is 4. The summed E-state index contributed by atoms with van der Waals surface area (Å²) in [4.78, 5) is 20.1. The molecule has 7 heteroatoms. The van der Waals surface area contributed by atoms with Crippen molar-refractivity contribution in [3.63, 3.8) is 0 Å². The summed E-state index contributed by atoms with van der Waals surface area (Å²) in [6.07, 6.45) is 0. The Balaban J connectivity index is 1.47. The molecule has 0 unspecified atom stereocenters. The van der Waals surface area contributed by atoms with Crippen molar-refractivity contribution in [2.24, 2.45) is 0 Å². The van der Waals surface area contributed by atoms with Gasteiger partial charge in [-0.1, -0.05) is 0 Å². The minimum Gasteiger partial charge on any atom is -0.378 e. The van der Waals surface area contributed by atoms with Crippen LogP contribution in [-0.4, -0.2) is 73.2 Å². The van der Waals surface area contributed by atoms with Crippen LogP contribution in [0.1, 0.15) is 4.88 Å². The van der Waals surface area contributed by atoms with Gasteiger partial charge in [0.25, 0.3) is 0 Å². The fourth-order valence-corrected chi connectivity index (χ4v) is 4.23. The summed E-state index contributed by atoms with van der Waals surface area (Å²) in [5.74, 6) is 0. The number of carbonyl (C=O) groups excluding carboxylic acids is 1. The number of urea groups is 1. The minimum absolute atomic E-state index is 0.178. The van der Waals surface area contributed by atoms with Crippen LogP contribution in [0.5, 0.6) is 0 Å². The molecule has 0 radical (unpaired) electrons. The predicted molar refractivity (Wildman–Crippen MR) is 86.7 cm³/mol. The number of nitrogens with zero attached hydrogens (tertiary/aromatic N) is 3. The molecule has 21 heavy (non-hydrogen) atoms. The molecule has 0 spiro atoms. The van der Waals surface area contributed by atoms with E-state index in [1.165, 1.54) is 8.66 Å². The molecule has 2 aliphatic heterocycles. The van der Waals surface area contributed by atoms with E-state index in [1.807, 2.05) is 9.80 Å². The number of amides is 2. The maximum Gasteiger partial charge on any atom is 0.320 e. The molecule has 2 amide bonds. The molecule has 0 bridgehead atoms. The van der Waals surface area contributed by atoms with Crippen molar-refractivity contribution in [2.45, 2.75) is 6.54 Å². The van der Waals surface area contributed by atoms with Gasteiger partial charge in [-0.3, -0.25) is 4.90 Å². The van der Waals surface area contributed by atoms with Crippen molar-refractivity contribution in [3.05, 3.63) is 20.8 Å². The lowest BCUT2D eigenvalue weighted by Crippen LogP contribution is -2.54. The van der Waals surface area contributed by atoms with Gasteiger partial charge in [-0.25, -0.2) is 4.79 Å². The highest BCUT2D eigenvalue weighted by Gasteiger charge is 2.26. The first-order chi connectivity index (χ1) is 10.2. The van der Waals surface area contributed by atoms with Crippen LogP contribution in [0.25, 0.3) is 0 Å². The Morgan fingerprint density at radius 1 is 1.10 bits per heavy atom. The molecule has 5 nitrogen and oxygen atoms in total. The number of ether oxygens (including phenoxy) is 1. The van der Waals surface area contributed by atoms with E-state index in [0.717, 1.165) is 45.8 Å². The van der Waals surface area contributed by atoms with E-state index in [0.29, 0.717) is 13.2 Å². The Morgan fingerprint density at radius 2 is 1.76 bits per heavy atom. The van der Waals surface area contributed by atoms with Crippen LogP contribution in [0.15, 0.2) is 15.9 Å². The van der Waals surface area contributed by atoms with Crippen LogP contribution >= 0.6 is 27.3 Å². The summed E-state index contributed by atoms with van der Waals surface area (Å²) < 4.78 is 6.48. The van der Waals surface area contributed by atoms with Gasteiger partial charge in [0.1, 0.15) is 0 Å². The van der Waals surface area contributed by atoms with Crippen molar-refractivity contribution in [2.75, 3.05) is 52.5 Å². The largest absolute Gasteiger partial charge is 0.378 e. The van der Waals surface area contributed by atoms with Crippen LogP contribution in [0.2, 0.25) is 0 Å². The van der Waals surface area contributed by atoms with Crippen molar-refractivity contribution >= 4 is 33.3 Å². The van der Waals surface area contributed by atoms with Crippen LogP contribution in [0, 0.1) is 0 Å². The highest BCUT2D eigenvalue weighted by atomic mass is 79.9. The van der Waals surface area contributed by atoms with Crippen molar-refractivity contribution in [1.29, 1.82) is 0 Å². The van der Waals surface area contributed by atoms with Gasteiger partial charge in [0, 0.05) is 50.7 Å². The summed E-state index contributed by atoms with van der Waals surface area (Å²) in [5, 5.41) is 0. The topological polar surface area (TPSA) is 36.0 Å². The summed E-state index contributed by atoms with van der Waals surface area (Å²) >= 11 is 5.28. The van der Waals surface area contributed by atoms with Crippen LogP contribution in [0.4, 0.5) is 4.79 Å². The Labute approximate surface area is 137 Å². The van der Waals surface area contributed by atoms with Gasteiger partial charge >= 0.3 is 6.03 Å². The lowest BCUT2D eigenvalue weighted by atomic mass is 10.3. The molecule has 3 heterocycles. The molecule has 0 aromatic carbocycles. The molecule has 2 saturated heterocycles. The molecular weight excluding hydrogens is 354 g/mol. The average molecular weight is 374 g/mol. The summed E-state index contributed by atoms with van der Waals surface area (Å²) in [6, 6.07) is 4.44. The van der Waals surface area contributed by atoms with E-state index in [2.05, 4.69) is 33.0 Å². The van der Waals surface area contributed by atoms with E-state index in [-0.39, 0.29) is 6.03 Å². The average Bonchev–Trinajstić information content (AvgIpc) is 2.93. The van der Waals surface area contributed by atoms with Crippen LogP contribution in [0.3, 0.4) is 0 Å². The SMILES string of the molecule is O=C(N1CCOCC1)N1CCN(Cc2ccc(Br)s2)CC1. The second-order valence-corrected chi connectivity index (χ2v) is 7.90. The molecule has 0 saturated carbocycles. The summed E-state index contributed by atoms with van der Waals surface area (Å²) in [6.45, 7) is 7.31. The molecule has 1 aromatic heterocycles. The van der Waals surface area contributed by atoms with Gasteiger partial charge in [-0.15, -0.1) is 11.3 Å². The number of thiophene rings is 1. The molecule has 0 atom stereocenters. The Bertz CT molecular complexity index is 482. The fourth-order valence-electron chi connectivity index (χ4n) is 2.71. The third-order valence-corrected chi connectivity index (χ3v) is 5.54. The molecule has 1 aromatic rings. The van der Waals surface area contributed by atoms with E-state index in [4.69, 9.17) is 4.74 Å². The molecule has 0 N–H and O–H groups in total. The van der Waals surface area contributed by atoms with E-state index in [1.54, 1.807) is 11.3 Å². The quantitative estimate of drug-likeness (QED) is 0.795. The lowest BCUT2D eigenvalue weighted by Gasteiger charge is -2.38. The number of morpholine rings is 1. The van der Waals surface area contributed by atoms with Gasteiger partial charge in [-0.2, -0.15) is 0 Å². The van der Waals surface area contributed by atoms with Crippen molar-refractivity contribution in [3.8, 4) is 0 Å². The zero-order valence-electron chi connectivity index (χ0n) is 12.0. The number of piperazine rings is 1. The fraction of sp³-hybridized carbons (Fsp3) is 0.643. The maximum atomic E-state index is 12.4. The highest BCUT2D eigenvalue weighted by Crippen LogP contribution is 2.23. The molecule has 2 aliphatic rings. The van der Waals surface area contributed by atoms with E-state index in [9.17, 15) is 4.79 Å². The first-order valence-electron chi connectivity index (χ1n) is 7.30. The van der Waals surface area contributed by atoms with Gasteiger partial charge in [-0.05, 0) is 28.1 Å². The first kappa shape index (κ1) is 15.3. The monoisotopic (exact) mass is 373 g/mol. The normalized spacial score (nSPS) is 20.8. The zero-order valence-corrected chi connectivity index (χ0v) is 14.4. The second kappa shape index (κ2) is 7.09. The molecule has 0 aliphatic carbocycles. The predicted octanol–water partition coefficient (Wildman–Crippen LogP) is 2.08. The number of halogens is 1. The van der Waals surface area contributed by atoms with Gasteiger partial charge in [0.15, 0.2) is 0 Å². The van der Waals surface area contributed by atoms with Gasteiger partial charge in [0.05, 0.1) is 17.0 Å². The number of rotatable bonds is 2. The maximum absolute atomic E-state index is 12.4. The first-order valence-corrected chi connectivity index (χ1v) is 8.91. The second-order valence-electron chi connectivity index (χ2n) is 5.35. The molecule has 116 valence electrons. The molecule has 3 rings (SSSR count). The highest BCUT2D eigenvalue weighted by molar-refractivity contribution is 9.11. The summed E-state index contributed by atoms with van der Waals surface area (Å²) in [7, 11) is 0. The van der Waals surface area contributed by atoms with Crippen molar-refractivity contribution < 1.29 is 9.53 Å². The van der Waals surface area contributed by atoms with Crippen LogP contribution < -0.4 is 0 Å². The summed E-state index contributed by atoms with van der Waals surface area (Å²) in [5.41, 5.74) is 0. The third-order valence-electron chi connectivity index (χ3n) is 3.93. The third kappa shape index (κ3) is 3.97. The minimum atomic E-state index is 0.178. The number of carbonyl (C=O) groups is 1. The van der Waals surface area contributed by atoms with E-state index < -0.39 is 0 Å². The number of hydrogen-bond donors (Lipinski definition) is 0. The Hall–Kier alpha value is -0.630. The zero-order chi connectivity index (χ0) is 14.7. The van der Waals surface area contributed by atoms with Gasteiger partial charge in [0.2, 0.25) is 0 Å². The molecular formula is C14H20BrN3O2S.